The Hall–Kier alpha value is -0.880. The molecule has 0 heterocycles. The van der Waals surface area contributed by atoms with Gasteiger partial charge in [0, 0.05) is 16.5 Å². The fraction of sp³-hybridized carbons (Fsp3) is 0.100. The van der Waals surface area contributed by atoms with E-state index in [2.05, 4.69) is 16.6 Å². The summed E-state index contributed by atoms with van der Waals surface area (Å²) in [5, 5.41) is 0.953. The first-order valence-corrected chi connectivity index (χ1v) is 4.92. The number of hydrogen-bond acceptors (Lipinski definition) is 2. The molecule has 2 nitrogen and oxygen atoms in total. The molecule has 0 spiro atoms. The fourth-order valence-electron chi connectivity index (χ4n) is 0.816. The van der Waals surface area contributed by atoms with E-state index in [9.17, 15) is 4.79 Å². The molecule has 0 aliphatic heterocycles. The van der Waals surface area contributed by atoms with Crippen molar-refractivity contribution in [2.45, 2.75) is 0 Å². The number of esters is 1. The molecule has 0 saturated carbocycles. The maximum absolute atomic E-state index is 10.8. The molecule has 0 N–H and O–H groups in total. The summed E-state index contributed by atoms with van der Waals surface area (Å²) in [6.07, 6.45) is 0. The van der Waals surface area contributed by atoms with Crippen molar-refractivity contribution in [1.29, 1.82) is 0 Å². The second-order valence-electron chi connectivity index (χ2n) is 2.49. The van der Waals surface area contributed by atoms with Crippen LogP contribution in [0.5, 0.6) is 0 Å². The van der Waals surface area contributed by atoms with E-state index >= 15 is 0 Å². The normalized spacial score (nSPS) is 9.07. The Morgan fingerprint density at radius 1 is 1.33 bits per heavy atom. The molecule has 1 rings (SSSR count). The Labute approximate surface area is 102 Å². The van der Waals surface area contributed by atoms with Crippen molar-refractivity contribution >= 4 is 40.8 Å². The van der Waals surface area contributed by atoms with Crippen LogP contribution in [0.25, 0.3) is 0 Å². The van der Waals surface area contributed by atoms with Gasteiger partial charge in [0.25, 0.3) is 0 Å². The van der Waals surface area contributed by atoms with Gasteiger partial charge in [0.1, 0.15) is 0 Å². The lowest BCUT2D eigenvalue weighted by atomic mass is 10.2. The number of ether oxygens (including phenoxy) is 1. The van der Waals surface area contributed by atoms with E-state index in [0.717, 1.165) is 0 Å². The SMILES string of the molecule is COC(=O)C#Cc1cc(Cl)cc(Cl)c1Cl. The molecule has 0 unspecified atom stereocenters. The average Bonchev–Trinajstić information content (AvgIpc) is 2.20. The molecule has 1 aromatic rings. The number of hydrogen-bond donors (Lipinski definition) is 0. The zero-order chi connectivity index (χ0) is 11.4. The van der Waals surface area contributed by atoms with Gasteiger partial charge in [-0.05, 0) is 12.1 Å². The van der Waals surface area contributed by atoms with E-state index < -0.39 is 5.97 Å². The Balaban J connectivity index is 3.13. The summed E-state index contributed by atoms with van der Waals surface area (Å²) in [6.45, 7) is 0. The largest absolute Gasteiger partial charge is 0.459 e. The maximum atomic E-state index is 10.8. The lowest BCUT2D eigenvalue weighted by molar-refractivity contribution is -0.133. The highest BCUT2D eigenvalue weighted by Gasteiger charge is 2.05. The van der Waals surface area contributed by atoms with Crippen molar-refractivity contribution in [2.75, 3.05) is 7.11 Å². The third kappa shape index (κ3) is 3.32. The lowest BCUT2D eigenvalue weighted by Crippen LogP contribution is -1.94. The van der Waals surface area contributed by atoms with Crippen molar-refractivity contribution in [3.8, 4) is 11.8 Å². The summed E-state index contributed by atoms with van der Waals surface area (Å²) in [4.78, 5) is 10.8. The van der Waals surface area contributed by atoms with Crippen molar-refractivity contribution in [3.63, 3.8) is 0 Å². The van der Waals surface area contributed by atoms with Crippen LogP contribution in [0.4, 0.5) is 0 Å². The highest BCUT2D eigenvalue weighted by molar-refractivity contribution is 6.44. The Bertz CT molecular complexity index is 458. The maximum Gasteiger partial charge on any atom is 0.384 e. The number of rotatable bonds is 0. The van der Waals surface area contributed by atoms with Gasteiger partial charge in [-0.1, -0.05) is 40.7 Å². The summed E-state index contributed by atoms with van der Waals surface area (Å²) >= 11 is 17.4. The average molecular weight is 264 g/mol. The van der Waals surface area contributed by atoms with Gasteiger partial charge in [0.05, 0.1) is 17.2 Å². The van der Waals surface area contributed by atoms with Gasteiger partial charge in [-0.3, -0.25) is 0 Å². The van der Waals surface area contributed by atoms with Crippen molar-refractivity contribution in [3.05, 3.63) is 32.8 Å². The van der Waals surface area contributed by atoms with Crippen molar-refractivity contribution in [1.82, 2.24) is 0 Å². The molecule has 0 radical (unpaired) electrons. The molecule has 0 amide bonds. The van der Waals surface area contributed by atoms with Gasteiger partial charge >= 0.3 is 5.97 Å². The molecule has 0 atom stereocenters. The number of carbonyl (C=O) groups is 1. The highest BCUT2D eigenvalue weighted by Crippen LogP contribution is 2.28. The second kappa shape index (κ2) is 5.27. The summed E-state index contributed by atoms with van der Waals surface area (Å²) in [7, 11) is 1.24. The van der Waals surface area contributed by atoms with Crippen LogP contribution in [0, 0.1) is 11.8 Å². The molecular formula is C10H5Cl3O2. The number of methoxy groups -OCH3 is 1. The van der Waals surface area contributed by atoms with Gasteiger partial charge in [0.2, 0.25) is 0 Å². The Morgan fingerprint density at radius 3 is 2.60 bits per heavy atom. The van der Waals surface area contributed by atoms with E-state index in [0.29, 0.717) is 15.6 Å². The lowest BCUT2D eigenvalue weighted by Gasteiger charge is -1.99. The standard InChI is InChI=1S/C10H5Cl3O2/c1-15-9(14)3-2-6-4-7(11)5-8(12)10(6)13/h4-5H,1H3. The van der Waals surface area contributed by atoms with Crippen LogP contribution in [0.3, 0.4) is 0 Å². The predicted octanol–water partition coefficient (Wildman–Crippen LogP) is 3.17. The predicted molar refractivity (Wildman–Crippen MR) is 60.4 cm³/mol. The first-order chi connectivity index (χ1) is 7.04. The second-order valence-corrected chi connectivity index (χ2v) is 3.71. The van der Waals surface area contributed by atoms with Gasteiger partial charge in [-0.15, -0.1) is 0 Å². The first kappa shape index (κ1) is 12.2. The molecule has 0 bridgehead atoms. The van der Waals surface area contributed by atoms with Gasteiger partial charge in [0.15, 0.2) is 0 Å². The fourth-order valence-corrected chi connectivity index (χ4v) is 1.47. The monoisotopic (exact) mass is 262 g/mol. The van der Waals surface area contributed by atoms with Gasteiger partial charge in [-0.2, -0.15) is 0 Å². The molecule has 78 valence electrons. The van der Waals surface area contributed by atoms with E-state index in [1.54, 1.807) is 0 Å². The number of benzene rings is 1. The van der Waals surface area contributed by atoms with Crippen LogP contribution in [-0.2, 0) is 9.53 Å². The Kier molecular flexibility index (Phi) is 4.28. The van der Waals surface area contributed by atoms with Crippen LogP contribution in [0.2, 0.25) is 15.1 Å². The van der Waals surface area contributed by atoms with Crippen molar-refractivity contribution < 1.29 is 9.53 Å². The van der Waals surface area contributed by atoms with Crippen molar-refractivity contribution in [2.24, 2.45) is 0 Å². The van der Waals surface area contributed by atoms with E-state index in [4.69, 9.17) is 34.8 Å². The molecule has 1 aromatic carbocycles. The minimum Gasteiger partial charge on any atom is -0.459 e. The van der Waals surface area contributed by atoms with Crippen LogP contribution >= 0.6 is 34.8 Å². The summed E-state index contributed by atoms with van der Waals surface area (Å²) < 4.78 is 4.35. The third-order valence-corrected chi connectivity index (χ3v) is 2.50. The van der Waals surface area contributed by atoms with Crippen LogP contribution in [-0.4, -0.2) is 13.1 Å². The number of halogens is 3. The zero-order valence-corrected chi connectivity index (χ0v) is 9.87. The van der Waals surface area contributed by atoms with Crippen LogP contribution < -0.4 is 0 Å². The number of carbonyl (C=O) groups excluding carboxylic acids is 1. The molecule has 15 heavy (non-hydrogen) atoms. The molecule has 0 fully saturated rings. The third-order valence-electron chi connectivity index (χ3n) is 1.48. The van der Waals surface area contributed by atoms with Gasteiger partial charge in [-0.25, -0.2) is 4.79 Å². The topological polar surface area (TPSA) is 26.3 Å². The molecular weight excluding hydrogens is 258 g/mol. The molecule has 0 saturated heterocycles. The van der Waals surface area contributed by atoms with E-state index in [1.165, 1.54) is 19.2 Å². The smallest absolute Gasteiger partial charge is 0.384 e. The van der Waals surface area contributed by atoms with Crippen LogP contribution in [0.15, 0.2) is 12.1 Å². The quantitative estimate of drug-likeness (QED) is 0.408. The minimum absolute atomic E-state index is 0.262. The molecule has 0 aliphatic rings. The van der Waals surface area contributed by atoms with Crippen LogP contribution in [0.1, 0.15) is 5.56 Å². The highest BCUT2D eigenvalue weighted by atomic mass is 35.5. The Morgan fingerprint density at radius 2 is 2.00 bits per heavy atom. The molecule has 0 aromatic heterocycles. The summed E-state index contributed by atoms with van der Waals surface area (Å²) in [6, 6.07) is 3.01. The van der Waals surface area contributed by atoms with E-state index in [1.807, 2.05) is 0 Å². The van der Waals surface area contributed by atoms with E-state index in [-0.39, 0.29) is 5.02 Å². The minimum atomic E-state index is -0.651. The first-order valence-electron chi connectivity index (χ1n) is 3.79. The summed E-state index contributed by atoms with van der Waals surface area (Å²) in [5.41, 5.74) is 0.388. The summed E-state index contributed by atoms with van der Waals surface area (Å²) in [5.74, 6) is 4.10. The molecule has 5 heteroatoms. The van der Waals surface area contributed by atoms with Gasteiger partial charge < -0.3 is 4.74 Å². The zero-order valence-electron chi connectivity index (χ0n) is 7.61. The molecule has 0 aliphatic carbocycles.